The van der Waals surface area contributed by atoms with E-state index < -0.39 is 6.09 Å². The van der Waals surface area contributed by atoms with E-state index >= 15 is 0 Å². The third-order valence-electron chi connectivity index (χ3n) is 3.42. The van der Waals surface area contributed by atoms with Crippen LogP contribution in [0.4, 0.5) is 4.79 Å². The van der Waals surface area contributed by atoms with Crippen LogP contribution in [0.1, 0.15) is 18.1 Å². The zero-order valence-electron chi connectivity index (χ0n) is 11.3. The SMILES string of the molecule is COc1ccc(C2CNC(=O)O2)cc1OC1CCOC1. The lowest BCUT2D eigenvalue weighted by atomic mass is 10.1. The Morgan fingerprint density at radius 1 is 1.35 bits per heavy atom. The van der Waals surface area contributed by atoms with Crippen LogP contribution in [0.3, 0.4) is 0 Å². The van der Waals surface area contributed by atoms with Gasteiger partial charge in [0.05, 0.1) is 26.9 Å². The first-order chi connectivity index (χ1) is 9.76. The number of hydrogen-bond donors (Lipinski definition) is 1. The highest BCUT2D eigenvalue weighted by Crippen LogP contribution is 2.33. The molecule has 1 amide bonds. The quantitative estimate of drug-likeness (QED) is 0.907. The summed E-state index contributed by atoms with van der Waals surface area (Å²) in [7, 11) is 1.60. The van der Waals surface area contributed by atoms with Crippen molar-refractivity contribution in [1.82, 2.24) is 5.32 Å². The van der Waals surface area contributed by atoms with Gasteiger partial charge in [-0.2, -0.15) is 0 Å². The lowest BCUT2D eigenvalue weighted by Crippen LogP contribution is -2.16. The van der Waals surface area contributed by atoms with Gasteiger partial charge in [0.2, 0.25) is 0 Å². The molecule has 0 radical (unpaired) electrons. The molecule has 108 valence electrons. The van der Waals surface area contributed by atoms with Crippen LogP contribution < -0.4 is 14.8 Å². The van der Waals surface area contributed by atoms with E-state index in [0.29, 0.717) is 24.7 Å². The maximum atomic E-state index is 11.1. The van der Waals surface area contributed by atoms with Gasteiger partial charge >= 0.3 is 6.09 Å². The highest BCUT2D eigenvalue weighted by atomic mass is 16.6. The average molecular weight is 279 g/mol. The standard InChI is InChI=1S/C14H17NO5/c1-17-11-3-2-9(13-7-15-14(16)20-13)6-12(11)19-10-4-5-18-8-10/h2-3,6,10,13H,4-5,7-8H2,1H3,(H,15,16). The molecular weight excluding hydrogens is 262 g/mol. The molecule has 0 bridgehead atoms. The van der Waals surface area contributed by atoms with Crippen LogP contribution in [0.2, 0.25) is 0 Å². The van der Waals surface area contributed by atoms with Crippen molar-refractivity contribution >= 4 is 6.09 Å². The normalized spacial score (nSPS) is 25.1. The zero-order valence-corrected chi connectivity index (χ0v) is 11.3. The number of carbonyl (C=O) groups is 1. The van der Waals surface area contributed by atoms with E-state index in [1.54, 1.807) is 7.11 Å². The second-order valence-electron chi connectivity index (χ2n) is 4.79. The van der Waals surface area contributed by atoms with E-state index in [1.807, 2.05) is 18.2 Å². The Balaban J connectivity index is 1.80. The topological polar surface area (TPSA) is 66.0 Å². The first-order valence-electron chi connectivity index (χ1n) is 6.63. The second kappa shape index (κ2) is 5.58. The minimum Gasteiger partial charge on any atom is -0.493 e. The van der Waals surface area contributed by atoms with Gasteiger partial charge in [-0.05, 0) is 17.7 Å². The van der Waals surface area contributed by atoms with Crippen LogP contribution in [-0.4, -0.2) is 39.1 Å². The molecular formula is C14H17NO5. The molecule has 2 saturated heterocycles. The molecule has 0 saturated carbocycles. The van der Waals surface area contributed by atoms with E-state index in [4.69, 9.17) is 18.9 Å². The number of methoxy groups -OCH3 is 1. The number of hydrogen-bond acceptors (Lipinski definition) is 5. The second-order valence-corrected chi connectivity index (χ2v) is 4.79. The van der Waals surface area contributed by atoms with Crippen LogP contribution in [0.5, 0.6) is 11.5 Å². The summed E-state index contributed by atoms with van der Waals surface area (Å²) in [5.74, 6) is 1.32. The van der Waals surface area contributed by atoms with E-state index in [1.165, 1.54) is 0 Å². The summed E-state index contributed by atoms with van der Waals surface area (Å²) >= 11 is 0. The Morgan fingerprint density at radius 2 is 2.25 bits per heavy atom. The highest BCUT2D eigenvalue weighted by Gasteiger charge is 2.26. The maximum Gasteiger partial charge on any atom is 0.407 e. The Labute approximate surface area is 117 Å². The van der Waals surface area contributed by atoms with Crippen LogP contribution in [0, 0.1) is 0 Å². The molecule has 6 heteroatoms. The molecule has 1 N–H and O–H groups in total. The van der Waals surface area contributed by atoms with Crippen molar-refractivity contribution < 1.29 is 23.7 Å². The van der Waals surface area contributed by atoms with Gasteiger partial charge in [0.1, 0.15) is 12.2 Å². The molecule has 3 rings (SSSR count). The molecule has 2 aliphatic heterocycles. The summed E-state index contributed by atoms with van der Waals surface area (Å²) < 4.78 is 21.7. The van der Waals surface area contributed by atoms with Crippen molar-refractivity contribution in [2.75, 3.05) is 26.9 Å². The fourth-order valence-electron chi connectivity index (χ4n) is 2.35. The molecule has 2 aliphatic rings. The predicted octanol–water partition coefficient (Wildman–Crippen LogP) is 1.64. The third-order valence-corrected chi connectivity index (χ3v) is 3.42. The van der Waals surface area contributed by atoms with Crippen molar-refractivity contribution in [3.05, 3.63) is 23.8 Å². The molecule has 1 aromatic rings. The average Bonchev–Trinajstić information content (AvgIpc) is 3.10. The van der Waals surface area contributed by atoms with Crippen molar-refractivity contribution in [1.29, 1.82) is 0 Å². The number of amides is 1. The van der Waals surface area contributed by atoms with Crippen LogP contribution in [-0.2, 0) is 9.47 Å². The van der Waals surface area contributed by atoms with Crippen LogP contribution in [0.25, 0.3) is 0 Å². The van der Waals surface area contributed by atoms with Gasteiger partial charge in [0.25, 0.3) is 0 Å². The van der Waals surface area contributed by atoms with Gasteiger partial charge in [-0.1, -0.05) is 6.07 Å². The predicted molar refractivity (Wildman–Crippen MR) is 70.1 cm³/mol. The number of cyclic esters (lactones) is 1. The van der Waals surface area contributed by atoms with E-state index in [2.05, 4.69) is 5.32 Å². The summed E-state index contributed by atoms with van der Waals surface area (Å²) in [6.45, 7) is 1.78. The zero-order chi connectivity index (χ0) is 13.9. The molecule has 0 aromatic heterocycles. The number of alkyl carbamates (subject to hydrolysis) is 1. The largest absolute Gasteiger partial charge is 0.493 e. The summed E-state index contributed by atoms with van der Waals surface area (Å²) in [6, 6.07) is 5.57. The van der Waals surface area contributed by atoms with E-state index in [0.717, 1.165) is 18.6 Å². The summed E-state index contributed by atoms with van der Waals surface area (Å²) in [6.07, 6.45) is 0.240. The lowest BCUT2D eigenvalue weighted by Gasteiger charge is -2.17. The lowest BCUT2D eigenvalue weighted by molar-refractivity contribution is 0.135. The Kier molecular flexibility index (Phi) is 3.64. The van der Waals surface area contributed by atoms with Gasteiger partial charge < -0.3 is 24.3 Å². The van der Waals surface area contributed by atoms with Gasteiger partial charge in [-0.3, -0.25) is 0 Å². The number of ether oxygens (including phenoxy) is 4. The first kappa shape index (κ1) is 13.1. The fraction of sp³-hybridized carbons (Fsp3) is 0.500. The van der Waals surface area contributed by atoms with Crippen LogP contribution >= 0.6 is 0 Å². The van der Waals surface area contributed by atoms with Crippen molar-refractivity contribution in [3.63, 3.8) is 0 Å². The Bertz CT molecular complexity index is 498. The smallest absolute Gasteiger partial charge is 0.407 e. The molecule has 0 aliphatic carbocycles. The van der Waals surface area contributed by atoms with Gasteiger partial charge in [-0.25, -0.2) is 4.79 Å². The first-order valence-corrected chi connectivity index (χ1v) is 6.63. The molecule has 2 atom stereocenters. The Hall–Kier alpha value is -1.95. The molecule has 1 aromatic carbocycles. The van der Waals surface area contributed by atoms with E-state index in [-0.39, 0.29) is 12.2 Å². The van der Waals surface area contributed by atoms with Gasteiger partial charge in [0, 0.05) is 6.42 Å². The summed E-state index contributed by atoms with van der Waals surface area (Å²) in [4.78, 5) is 11.1. The van der Waals surface area contributed by atoms with Crippen molar-refractivity contribution in [2.45, 2.75) is 18.6 Å². The molecule has 6 nitrogen and oxygen atoms in total. The molecule has 20 heavy (non-hydrogen) atoms. The monoisotopic (exact) mass is 279 g/mol. The number of benzene rings is 1. The maximum absolute atomic E-state index is 11.1. The third kappa shape index (κ3) is 2.65. The fourth-order valence-corrected chi connectivity index (χ4v) is 2.35. The van der Waals surface area contributed by atoms with Gasteiger partial charge in [-0.15, -0.1) is 0 Å². The molecule has 2 heterocycles. The number of carbonyl (C=O) groups excluding carboxylic acids is 1. The molecule has 2 unspecified atom stereocenters. The minimum atomic E-state index is -0.391. The highest BCUT2D eigenvalue weighted by molar-refractivity contribution is 5.69. The summed E-state index contributed by atoms with van der Waals surface area (Å²) in [5, 5.41) is 2.64. The summed E-state index contributed by atoms with van der Waals surface area (Å²) in [5.41, 5.74) is 0.887. The molecule has 2 fully saturated rings. The Morgan fingerprint density at radius 3 is 2.90 bits per heavy atom. The minimum absolute atomic E-state index is 0.0448. The number of rotatable bonds is 4. The van der Waals surface area contributed by atoms with Crippen molar-refractivity contribution in [3.8, 4) is 11.5 Å². The molecule has 0 spiro atoms. The van der Waals surface area contributed by atoms with Gasteiger partial charge in [0.15, 0.2) is 11.5 Å². The number of nitrogens with one attached hydrogen (secondary N) is 1. The van der Waals surface area contributed by atoms with Crippen molar-refractivity contribution in [2.24, 2.45) is 0 Å². The van der Waals surface area contributed by atoms with Crippen LogP contribution in [0.15, 0.2) is 18.2 Å². The van der Waals surface area contributed by atoms with E-state index in [9.17, 15) is 4.79 Å².